The maximum absolute atomic E-state index is 12.4. The van der Waals surface area contributed by atoms with Crippen LogP contribution in [0.4, 0.5) is 16.5 Å². The number of thiazole rings is 1. The van der Waals surface area contributed by atoms with Crippen molar-refractivity contribution in [2.24, 2.45) is 5.92 Å². The van der Waals surface area contributed by atoms with Crippen molar-refractivity contribution in [1.82, 2.24) is 10.3 Å². The Balaban J connectivity index is 1.09. The van der Waals surface area contributed by atoms with Gasteiger partial charge in [-0.05, 0) is 61.9 Å². The van der Waals surface area contributed by atoms with E-state index >= 15 is 0 Å². The molecule has 0 bridgehead atoms. The highest BCUT2D eigenvalue weighted by molar-refractivity contribution is 7.22. The van der Waals surface area contributed by atoms with E-state index in [2.05, 4.69) is 21.6 Å². The van der Waals surface area contributed by atoms with Gasteiger partial charge in [0, 0.05) is 44.0 Å². The molecule has 3 heterocycles. The van der Waals surface area contributed by atoms with Gasteiger partial charge in [-0.1, -0.05) is 29.5 Å². The van der Waals surface area contributed by atoms with Crippen molar-refractivity contribution in [2.75, 3.05) is 41.3 Å². The van der Waals surface area contributed by atoms with Crippen LogP contribution in [0.25, 0.3) is 10.2 Å². The fourth-order valence-corrected chi connectivity index (χ4v) is 5.68. The van der Waals surface area contributed by atoms with Crippen molar-refractivity contribution in [3.05, 3.63) is 48.5 Å². The first-order valence-electron chi connectivity index (χ1n) is 12.2. The number of rotatable bonds is 5. The largest absolute Gasteiger partial charge is 0.348 e. The molecule has 2 saturated heterocycles. The van der Waals surface area contributed by atoms with E-state index in [9.17, 15) is 14.4 Å². The van der Waals surface area contributed by atoms with Gasteiger partial charge < -0.3 is 20.4 Å². The van der Waals surface area contributed by atoms with Gasteiger partial charge in [-0.2, -0.15) is 0 Å². The quantitative estimate of drug-likeness (QED) is 0.530. The molecule has 5 rings (SSSR count). The van der Waals surface area contributed by atoms with E-state index in [-0.39, 0.29) is 5.91 Å². The fourth-order valence-electron chi connectivity index (χ4n) is 4.66. The van der Waals surface area contributed by atoms with Crippen molar-refractivity contribution in [3.63, 3.8) is 0 Å². The smallest absolute Gasteiger partial charge is 0.313 e. The highest BCUT2D eigenvalue weighted by Gasteiger charge is 2.24. The number of piperidine rings is 2. The number of hydrogen-bond acceptors (Lipinski definition) is 6. The number of nitrogens with zero attached hydrogens (tertiary/aromatic N) is 3. The van der Waals surface area contributed by atoms with Gasteiger partial charge in [-0.15, -0.1) is 0 Å². The minimum absolute atomic E-state index is 0.0895. The van der Waals surface area contributed by atoms with Crippen molar-refractivity contribution in [2.45, 2.75) is 32.1 Å². The van der Waals surface area contributed by atoms with E-state index in [4.69, 9.17) is 4.98 Å². The summed E-state index contributed by atoms with van der Waals surface area (Å²) in [6, 6.07) is 15.3. The van der Waals surface area contributed by atoms with Gasteiger partial charge in [0.1, 0.15) is 0 Å². The Morgan fingerprint density at radius 2 is 1.83 bits per heavy atom. The molecule has 182 valence electrons. The summed E-state index contributed by atoms with van der Waals surface area (Å²) in [5.41, 5.74) is 2.28. The standard InChI is InChI=1S/C26H29N5O3S/c32-23-10-3-4-13-31(23)20-7-5-6-19(16-20)28-25(34)24(33)27-17-18-11-14-30(15-12-18)26-29-21-8-1-2-9-22(21)35-26/h1-2,5-9,16,18H,3-4,10-15,17H2,(H,27,33)(H,28,34). The highest BCUT2D eigenvalue weighted by atomic mass is 32.1. The molecular weight excluding hydrogens is 462 g/mol. The van der Waals surface area contributed by atoms with Gasteiger partial charge >= 0.3 is 11.8 Å². The summed E-state index contributed by atoms with van der Waals surface area (Å²) in [6.07, 6.45) is 4.28. The second kappa shape index (κ2) is 10.4. The molecule has 1 aromatic heterocycles. The predicted octanol–water partition coefficient (Wildman–Crippen LogP) is 3.78. The topological polar surface area (TPSA) is 94.6 Å². The second-order valence-corrected chi connectivity index (χ2v) is 10.1. The van der Waals surface area contributed by atoms with Crippen LogP contribution in [-0.4, -0.2) is 48.9 Å². The molecule has 35 heavy (non-hydrogen) atoms. The average Bonchev–Trinajstić information content (AvgIpc) is 3.32. The molecule has 3 amide bonds. The second-order valence-electron chi connectivity index (χ2n) is 9.11. The maximum Gasteiger partial charge on any atom is 0.313 e. The molecule has 0 aliphatic carbocycles. The molecule has 8 nitrogen and oxygen atoms in total. The van der Waals surface area contributed by atoms with E-state index < -0.39 is 11.8 Å². The van der Waals surface area contributed by atoms with Crippen LogP contribution in [0.1, 0.15) is 32.1 Å². The number of amides is 3. The minimum atomic E-state index is -0.695. The van der Waals surface area contributed by atoms with E-state index in [0.717, 1.165) is 55.1 Å². The van der Waals surface area contributed by atoms with E-state index in [1.54, 1.807) is 34.4 Å². The molecule has 2 N–H and O–H groups in total. The minimum Gasteiger partial charge on any atom is -0.348 e. The number of anilines is 3. The first kappa shape index (κ1) is 23.3. The number of aromatic nitrogens is 1. The number of para-hydroxylation sites is 1. The highest BCUT2D eigenvalue weighted by Crippen LogP contribution is 2.31. The lowest BCUT2D eigenvalue weighted by atomic mass is 9.97. The SMILES string of the molecule is O=C(NCC1CCN(c2nc3ccccc3s2)CC1)C(=O)Nc1cccc(N2CCCCC2=O)c1. The van der Waals surface area contributed by atoms with Gasteiger partial charge in [-0.3, -0.25) is 14.4 Å². The third-order valence-electron chi connectivity index (χ3n) is 6.66. The van der Waals surface area contributed by atoms with Gasteiger partial charge in [0.25, 0.3) is 0 Å². The van der Waals surface area contributed by atoms with Gasteiger partial charge in [0.15, 0.2) is 5.13 Å². The van der Waals surface area contributed by atoms with Gasteiger partial charge in [0.2, 0.25) is 5.91 Å². The number of fused-ring (bicyclic) bond motifs is 1. The molecule has 0 saturated carbocycles. The molecule has 2 aliphatic heterocycles. The van der Waals surface area contributed by atoms with E-state index in [0.29, 0.717) is 31.1 Å². The molecular formula is C26H29N5O3S. The van der Waals surface area contributed by atoms with Crippen molar-refractivity contribution in [3.8, 4) is 0 Å². The van der Waals surface area contributed by atoms with Crippen LogP contribution in [-0.2, 0) is 14.4 Å². The van der Waals surface area contributed by atoms with Crippen LogP contribution < -0.4 is 20.4 Å². The molecule has 0 radical (unpaired) electrons. The summed E-state index contributed by atoms with van der Waals surface area (Å²) in [5.74, 6) is -0.922. The molecule has 0 spiro atoms. The summed E-state index contributed by atoms with van der Waals surface area (Å²) in [7, 11) is 0. The summed E-state index contributed by atoms with van der Waals surface area (Å²) < 4.78 is 1.19. The number of carbonyl (C=O) groups is 3. The Morgan fingerprint density at radius 1 is 1.00 bits per heavy atom. The first-order chi connectivity index (χ1) is 17.1. The maximum atomic E-state index is 12.4. The monoisotopic (exact) mass is 491 g/mol. The number of carbonyl (C=O) groups excluding carboxylic acids is 3. The Morgan fingerprint density at radius 3 is 2.63 bits per heavy atom. The third-order valence-corrected chi connectivity index (χ3v) is 7.76. The Hall–Kier alpha value is -3.46. The van der Waals surface area contributed by atoms with E-state index in [1.165, 1.54) is 4.70 Å². The van der Waals surface area contributed by atoms with Crippen LogP contribution in [0.2, 0.25) is 0 Å². The summed E-state index contributed by atoms with van der Waals surface area (Å²) in [5, 5.41) is 6.49. The fraction of sp³-hybridized carbons (Fsp3) is 0.385. The van der Waals surface area contributed by atoms with Crippen LogP contribution in [0.15, 0.2) is 48.5 Å². The average molecular weight is 492 g/mol. The third kappa shape index (κ3) is 5.45. The molecule has 2 fully saturated rings. The Labute approximate surface area is 208 Å². The predicted molar refractivity (Wildman–Crippen MR) is 139 cm³/mol. The summed E-state index contributed by atoms with van der Waals surface area (Å²) >= 11 is 1.71. The van der Waals surface area contributed by atoms with E-state index in [1.807, 2.05) is 24.3 Å². The van der Waals surface area contributed by atoms with Gasteiger partial charge in [-0.25, -0.2) is 4.98 Å². The summed E-state index contributed by atoms with van der Waals surface area (Å²) in [4.78, 5) is 45.8. The molecule has 3 aromatic rings. The van der Waals surface area contributed by atoms with Gasteiger partial charge in [0.05, 0.1) is 10.2 Å². The van der Waals surface area contributed by atoms with Crippen molar-refractivity contribution < 1.29 is 14.4 Å². The van der Waals surface area contributed by atoms with Crippen LogP contribution in [0.5, 0.6) is 0 Å². The Bertz CT molecular complexity index is 1200. The lowest BCUT2D eigenvalue weighted by Gasteiger charge is -2.31. The zero-order valence-electron chi connectivity index (χ0n) is 19.5. The van der Waals surface area contributed by atoms with Crippen LogP contribution >= 0.6 is 11.3 Å². The number of benzene rings is 2. The normalized spacial score (nSPS) is 17.0. The number of nitrogens with one attached hydrogen (secondary N) is 2. The molecule has 0 atom stereocenters. The number of hydrogen-bond donors (Lipinski definition) is 2. The molecule has 2 aliphatic rings. The lowest BCUT2D eigenvalue weighted by molar-refractivity contribution is -0.136. The van der Waals surface area contributed by atoms with Crippen molar-refractivity contribution >= 4 is 55.8 Å². The molecule has 9 heteroatoms. The zero-order chi connectivity index (χ0) is 24.2. The lowest BCUT2D eigenvalue weighted by Crippen LogP contribution is -2.41. The summed E-state index contributed by atoms with van der Waals surface area (Å²) in [6.45, 7) is 2.92. The van der Waals surface area contributed by atoms with Crippen molar-refractivity contribution in [1.29, 1.82) is 0 Å². The Kier molecular flexibility index (Phi) is 6.94. The molecule has 2 aromatic carbocycles. The van der Waals surface area contributed by atoms with Crippen LogP contribution in [0.3, 0.4) is 0 Å². The molecule has 0 unspecified atom stereocenters. The first-order valence-corrected chi connectivity index (χ1v) is 13.0. The zero-order valence-corrected chi connectivity index (χ0v) is 20.4. The van der Waals surface area contributed by atoms with Crippen LogP contribution in [0, 0.1) is 5.92 Å².